The maximum absolute atomic E-state index is 14.7. The molecule has 2 N–H and O–H groups in total. The summed E-state index contributed by atoms with van der Waals surface area (Å²) >= 11 is 0. The van der Waals surface area contributed by atoms with Crippen molar-refractivity contribution in [1.82, 2.24) is 9.47 Å². The Balaban J connectivity index is 2.23. The number of anilines is 1. The second-order valence-corrected chi connectivity index (χ2v) is 6.73. The van der Waals surface area contributed by atoms with E-state index in [2.05, 4.69) is 4.90 Å². The number of aliphatic hydroxyl groups excluding tert-OH is 1. The van der Waals surface area contributed by atoms with Crippen molar-refractivity contribution < 1.29 is 19.4 Å². The number of benzene rings is 1. The van der Waals surface area contributed by atoms with Gasteiger partial charge >= 0.3 is 5.97 Å². The topological polar surface area (TPSA) is 86.0 Å². The summed E-state index contributed by atoms with van der Waals surface area (Å²) in [6.45, 7) is 4.38. The third-order valence-electron chi connectivity index (χ3n) is 4.91. The molecule has 0 amide bonds. The molecule has 3 rings (SSSR count). The van der Waals surface area contributed by atoms with Crippen LogP contribution in [0.5, 0.6) is 0 Å². The SMILES string of the molecule is CC(CO)n1cc(C(=O)O)c(=O)c2cc(F)c(N3CCN(C)CC3)cc21. The zero-order valence-corrected chi connectivity index (χ0v) is 14.8. The van der Waals surface area contributed by atoms with Crippen LogP contribution >= 0.6 is 0 Å². The summed E-state index contributed by atoms with van der Waals surface area (Å²) in [5, 5.41) is 18.8. The Morgan fingerprint density at radius 2 is 1.92 bits per heavy atom. The van der Waals surface area contributed by atoms with Crippen LogP contribution in [0.3, 0.4) is 0 Å². The monoisotopic (exact) mass is 363 g/mol. The van der Waals surface area contributed by atoms with Crippen molar-refractivity contribution in [3.05, 3.63) is 39.9 Å². The number of piperazine rings is 1. The molecule has 2 heterocycles. The molecule has 26 heavy (non-hydrogen) atoms. The first kappa shape index (κ1) is 18.3. The summed E-state index contributed by atoms with van der Waals surface area (Å²) in [6, 6.07) is 2.23. The molecule has 0 radical (unpaired) electrons. The van der Waals surface area contributed by atoms with Gasteiger partial charge in [0.1, 0.15) is 11.4 Å². The summed E-state index contributed by atoms with van der Waals surface area (Å²) in [5.74, 6) is -1.93. The molecule has 140 valence electrons. The van der Waals surface area contributed by atoms with Crippen LogP contribution in [0, 0.1) is 5.82 Å². The Hall–Kier alpha value is -2.45. The van der Waals surface area contributed by atoms with Crippen LogP contribution in [0.2, 0.25) is 0 Å². The number of likely N-dealkylation sites (N-methyl/N-ethyl adjacent to an activating group) is 1. The minimum Gasteiger partial charge on any atom is -0.477 e. The van der Waals surface area contributed by atoms with Crippen molar-refractivity contribution in [1.29, 1.82) is 0 Å². The molecule has 1 aromatic carbocycles. The van der Waals surface area contributed by atoms with Crippen LogP contribution in [0.15, 0.2) is 23.1 Å². The molecule has 0 spiro atoms. The van der Waals surface area contributed by atoms with E-state index in [-0.39, 0.29) is 12.0 Å². The van der Waals surface area contributed by atoms with E-state index < -0.39 is 28.8 Å². The van der Waals surface area contributed by atoms with Crippen LogP contribution in [-0.2, 0) is 0 Å². The zero-order chi connectivity index (χ0) is 19.0. The molecule has 1 aliphatic rings. The number of aromatic nitrogens is 1. The highest BCUT2D eigenvalue weighted by Crippen LogP contribution is 2.27. The van der Waals surface area contributed by atoms with Gasteiger partial charge in [-0.1, -0.05) is 0 Å². The molecule has 1 fully saturated rings. The van der Waals surface area contributed by atoms with E-state index in [9.17, 15) is 24.2 Å². The molecule has 0 aliphatic carbocycles. The predicted octanol–water partition coefficient (Wildman–Crippen LogP) is 1.14. The van der Waals surface area contributed by atoms with Gasteiger partial charge in [-0.15, -0.1) is 0 Å². The summed E-state index contributed by atoms with van der Waals surface area (Å²) < 4.78 is 16.3. The molecule has 1 aromatic heterocycles. The number of pyridine rings is 1. The minimum atomic E-state index is -1.38. The highest BCUT2D eigenvalue weighted by molar-refractivity contribution is 5.93. The van der Waals surface area contributed by atoms with Gasteiger partial charge in [0, 0.05) is 37.8 Å². The van der Waals surface area contributed by atoms with Crippen molar-refractivity contribution in [2.75, 3.05) is 44.7 Å². The van der Waals surface area contributed by atoms with Gasteiger partial charge in [-0.05, 0) is 26.1 Å². The Morgan fingerprint density at radius 3 is 2.50 bits per heavy atom. The Kier molecular flexibility index (Phi) is 4.97. The maximum Gasteiger partial charge on any atom is 0.341 e. The number of hydrogen-bond donors (Lipinski definition) is 2. The van der Waals surface area contributed by atoms with Crippen LogP contribution in [-0.4, -0.2) is 65.5 Å². The summed E-state index contributed by atoms with van der Waals surface area (Å²) in [7, 11) is 2.00. The lowest BCUT2D eigenvalue weighted by atomic mass is 10.1. The molecular formula is C18H22FN3O4. The molecule has 8 heteroatoms. The quantitative estimate of drug-likeness (QED) is 0.847. The number of halogens is 1. The highest BCUT2D eigenvalue weighted by atomic mass is 19.1. The first-order chi connectivity index (χ1) is 12.3. The second kappa shape index (κ2) is 7.05. The van der Waals surface area contributed by atoms with Crippen LogP contribution in [0.25, 0.3) is 10.9 Å². The van der Waals surface area contributed by atoms with E-state index >= 15 is 0 Å². The normalized spacial score (nSPS) is 16.8. The maximum atomic E-state index is 14.7. The molecule has 1 unspecified atom stereocenters. The van der Waals surface area contributed by atoms with Gasteiger partial charge < -0.3 is 24.6 Å². The van der Waals surface area contributed by atoms with Crippen LogP contribution in [0.4, 0.5) is 10.1 Å². The average Bonchev–Trinajstić information content (AvgIpc) is 2.62. The lowest BCUT2D eigenvalue weighted by Gasteiger charge is -2.34. The molecular weight excluding hydrogens is 341 g/mol. The van der Waals surface area contributed by atoms with Crippen molar-refractivity contribution in [2.24, 2.45) is 0 Å². The fraction of sp³-hybridized carbons (Fsp3) is 0.444. The summed E-state index contributed by atoms with van der Waals surface area (Å²) in [4.78, 5) is 27.9. The third-order valence-corrected chi connectivity index (χ3v) is 4.91. The largest absolute Gasteiger partial charge is 0.477 e. The molecule has 1 aliphatic heterocycles. The molecule has 2 aromatic rings. The standard InChI is InChI=1S/C18H22FN3O4/c1-11(10-23)22-9-13(18(25)26)17(24)12-7-14(19)16(8-15(12)22)21-5-3-20(2)4-6-21/h7-9,11,23H,3-6,10H2,1-2H3,(H,25,26). The van der Waals surface area contributed by atoms with E-state index in [0.29, 0.717) is 24.3 Å². The van der Waals surface area contributed by atoms with Crippen molar-refractivity contribution in [3.8, 4) is 0 Å². The number of carboxylic acids is 1. The van der Waals surface area contributed by atoms with Crippen molar-refractivity contribution in [3.63, 3.8) is 0 Å². The van der Waals surface area contributed by atoms with Crippen LogP contribution < -0.4 is 10.3 Å². The van der Waals surface area contributed by atoms with Crippen LogP contribution in [0.1, 0.15) is 23.3 Å². The van der Waals surface area contributed by atoms with Gasteiger partial charge in [0.05, 0.1) is 23.9 Å². The first-order valence-electron chi connectivity index (χ1n) is 8.49. The molecule has 1 atom stereocenters. The number of hydrogen-bond acceptors (Lipinski definition) is 5. The number of fused-ring (bicyclic) bond motifs is 1. The smallest absolute Gasteiger partial charge is 0.341 e. The van der Waals surface area contributed by atoms with Gasteiger partial charge in [0.15, 0.2) is 0 Å². The number of rotatable bonds is 4. The Bertz CT molecular complexity index is 903. The summed E-state index contributed by atoms with van der Waals surface area (Å²) in [5.41, 5.74) is -0.369. The lowest BCUT2D eigenvalue weighted by Crippen LogP contribution is -2.44. The third kappa shape index (κ3) is 3.17. The van der Waals surface area contributed by atoms with E-state index in [0.717, 1.165) is 19.2 Å². The predicted molar refractivity (Wildman–Crippen MR) is 96.6 cm³/mol. The lowest BCUT2D eigenvalue weighted by molar-refractivity contribution is 0.0694. The number of carbonyl (C=O) groups is 1. The Labute approximate surface area is 149 Å². The van der Waals surface area contributed by atoms with Gasteiger partial charge in [-0.3, -0.25) is 4.79 Å². The van der Waals surface area contributed by atoms with Gasteiger partial charge in [-0.2, -0.15) is 0 Å². The number of aromatic carboxylic acids is 1. The summed E-state index contributed by atoms with van der Waals surface area (Å²) in [6.07, 6.45) is 1.22. The van der Waals surface area contributed by atoms with Gasteiger partial charge in [0.25, 0.3) is 0 Å². The van der Waals surface area contributed by atoms with E-state index in [1.165, 1.54) is 10.8 Å². The molecule has 7 nitrogen and oxygen atoms in total. The molecule has 0 bridgehead atoms. The fourth-order valence-corrected chi connectivity index (χ4v) is 3.25. The van der Waals surface area contributed by atoms with Crippen molar-refractivity contribution >= 4 is 22.6 Å². The average molecular weight is 363 g/mol. The zero-order valence-electron chi connectivity index (χ0n) is 14.8. The van der Waals surface area contributed by atoms with Gasteiger partial charge in [-0.25, -0.2) is 9.18 Å². The molecule has 0 saturated carbocycles. The van der Waals surface area contributed by atoms with E-state index in [1.54, 1.807) is 13.0 Å². The van der Waals surface area contributed by atoms with Crippen molar-refractivity contribution in [2.45, 2.75) is 13.0 Å². The highest BCUT2D eigenvalue weighted by Gasteiger charge is 2.22. The second-order valence-electron chi connectivity index (χ2n) is 6.73. The Morgan fingerprint density at radius 1 is 1.27 bits per heavy atom. The van der Waals surface area contributed by atoms with E-state index in [1.807, 2.05) is 11.9 Å². The van der Waals surface area contributed by atoms with Gasteiger partial charge in [0.2, 0.25) is 5.43 Å². The van der Waals surface area contributed by atoms with E-state index in [4.69, 9.17) is 0 Å². The fourth-order valence-electron chi connectivity index (χ4n) is 3.25. The number of carboxylic acid groups (broad SMARTS) is 1. The molecule has 1 saturated heterocycles. The minimum absolute atomic E-state index is 0.000535. The first-order valence-corrected chi connectivity index (χ1v) is 8.49. The number of aliphatic hydroxyl groups is 1. The number of nitrogens with zero attached hydrogens (tertiary/aromatic N) is 3.